The Morgan fingerprint density at radius 1 is 1.40 bits per heavy atom. The van der Waals surface area contributed by atoms with Gasteiger partial charge in [0.25, 0.3) is 5.69 Å². The van der Waals surface area contributed by atoms with Gasteiger partial charge < -0.3 is 5.73 Å². The maximum Gasteiger partial charge on any atom is 0.270 e. The third kappa shape index (κ3) is 1.75. The predicted octanol–water partition coefficient (Wildman–Crippen LogP) is 2.49. The highest BCUT2D eigenvalue weighted by molar-refractivity contribution is 9.10. The molecule has 0 aliphatic heterocycles. The number of hydrogen-bond acceptors (Lipinski definition) is 4. The Morgan fingerprint density at radius 2 is 2.13 bits per heavy atom. The molecule has 1 aromatic heterocycles. The summed E-state index contributed by atoms with van der Waals surface area (Å²) in [6.07, 6.45) is 0. The molecule has 0 amide bonds. The van der Waals surface area contributed by atoms with Crippen molar-refractivity contribution in [3.05, 3.63) is 39.0 Å². The molecule has 0 unspecified atom stereocenters. The lowest BCUT2D eigenvalue weighted by Gasteiger charge is -2.01. The number of nitro benzene ring substituents is 1. The fourth-order valence-electron chi connectivity index (χ4n) is 1.35. The summed E-state index contributed by atoms with van der Waals surface area (Å²) < 4.78 is 0.563. The summed E-state index contributed by atoms with van der Waals surface area (Å²) in [4.78, 5) is 14.1. The van der Waals surface area contributed by atoms with Gasteiger partial charge in [-0.15, -0.1) is 0 Å². The SMILES string of the molecule is Nc1nc(Br)cc2cc([N+](=O)[O-])ccc12. The average Bonchev–Trinajstić information content (AvgIpc) is 2.16. The first-order chi connectivity index (χ1) is 7.08. The minimum Gasteiger partial charge on any atom is -0.383 e. The zero-order valence-corrected chi connectivity index (χ0v) is 9.06. The molecule has 0 aliphatic rings. The molecule has 1 aromatic carbocycles. The van der Waals surface area contributed by atoms with E-state index in [2.05, 4.69) is 20.9 Å². The lowest BCUT2D eigenvalue weighted by Crippen LogP contribution is -1.93. The lowest BCUT2D eigenvalue weighted by atomic mass is 10.1. The summed E-state index contributed by atoms with van der Waals surface area (Å²) >= 11 is 3.18. The van der Waals surface area contributed by atoms with Crippen molar-refractivity contribution in [3.63, 3.8) is 0 Å². The summed E-state index contributed by atoms with van der Waals surface area (Å²) in [7, 11) is 0. The second-order valence-electron chi connectivity index (χ2n) is 2.99. The van der Waals surface area contributed by atoms with Crippen LogP contribution in [-0.2, 0) is 0 Å². The molecule has 5 nitrogen and oxygen atoms in total. The van der Waals surface area contributed by atoms with E-state index in [4.69, 9.17) is 5.73 Å². The number of hydrogen-bond donors (Lipinski definition) is 1. The first-order valence-electron chi connectivity index (χ1n) is 4.08. The van der Waals surface area contributed by atoms with Gasteiger partial charge in [-0.2, -0.15) is 0 Å². The van der Waals surface area contributed by atoms with E-state index in [0.29, 0.717) is 21.2 Å². The molecule has 2 N–H and O–H groups in total. The Balaban J connectivity index is 2.76. The number of anilines is 1. The van der Waals surface area contributed by atoms with Gasteiger partial charge in [0.2, 0.25) is 0 Å². The maximum atomic E-state index is 10.6. The largest absolute Gasteiger partial charge is 0.383 e. The summed E-state index contributed by atoms with van der Waals surface area (Å²) in [5, 5.41) is 12.0. The fourth-order valence-corrected chi connectivity index (χ4v) is 1.79. The van der Waals surface area contributed by atoms with Crippen LogP contribution < -0.4 is 5.73 Å². The van der Waals surface area contributed by atoms with Crippen LogP contribution in [0.15, 0.2) is 28.9 Å². The summed E-state index contributed by atoms with van der Waals surface area (Å²) in [5.74, 6) is 0.356. The van der Waals surface area contributed by atoms with Gasteiger partial charge in [0.05, 0.1) is 4.92 Å². The van der Waals surface area contributed by atoms with Crippen molar-refractivity contribution in [1.82, 2.24) is 4.98 Å². The Bertz CT molecular complexity index is 556. The van der Waals surface area contributed by atoms with Crippen molar-refractivity contribution >= 4 is 38.2 Å². The van der Waals surface area contributed by atoms with Crippen LogP contribution in [0.4, 0.5) is 11.5 Å². The zero-order valence-electron chi connectivity index (χ0n) is 7.48. The van der Waals surface area contributed by atoms with Crippen LogP contribution in [-0.4, -0.2) is 9.91 Å². The number of rotatable bonds is 1. The molecule has 0 spiro atoms. The van der Waals surface area contributed by atoms with E-state index in [9.17, 15) is 10.1 Å². The third-order valence-electron chi connectivity index (χ3n) is 2.02. The molecule has 0 fully saturated rings. The summed E-state index contributed by atoms with van der Waals surface area (Å²) in [6.45, 7) is 0. The molecule has 6 heteroatoms. The molecule has 0 saturated heterocycles. The van der Waals surface area contributed by atoms with Gasteiger partial charge in [-0.05, 0) is 33.4 Å². The second-order valence-corrected chi connectivity index (χ2v) is 3.81. The molecular formula is C9H6BrN3O2. The number of nitrogens with zero attached hydrogens (tertiary/aromatic N) is 2. The zero-order chi connectivity index (χ0) is 11.0. The Morgan fingerprint density at radius 3 is 2.80 bits per heavy atom. The molecule has 2 aromatic rings. The van der Waals surface area contributed by atoms with E-state index in [1.54, 1.807) is 12.1 Å². The van der Waals surface area contributed by atoms with Gasteiger partial charge in [0, 0.05) is 17.5 Å². The monoisotopic (exact) mass is 267 g/mol. The van der Waals surface area contributed by atoms with Gasteiger partial charge in [0.15, 0.2) is 0 Å². The van der Waals surface area contributed by atoms with Gasteiger partial charge in [-0.25, -0.2) is 4.98 Å². The molecule has 0 bridgehead atoms. The standard InChI is InChI=1S/C9H6BrN3O2/c10-8-4-5-3-6(13(14)15)1-2-7(5)9(11)12-8/h1-4H,(H2,11,12). The highest BCUT2D eigenvalue weighted by Crippen LogP contribution is 2.26. The minimum absolute atomic E-state index is 0.0417. The highest BCUT2D eigenvalue weighted by Gasteiger charge is 2.08. The number of non-ortho nitro benzene ring substituents is 1. The predicted molar refractivity (Wildman–Crippen MR) is 60.5 cm³/mol. The lowest BCUT2D eigenvalue weighted by molar-refractivity contribution is -0.384. The van der Waals surface area contributed by atoms with Crippen LogP contribution in [0.5, 0.6) is 0 Å². The van der Waals surface area contributed by atoms with Crippen molar-refractivity contribution in [2.45, 2.75) is 0 Å². The van der Waals surface area contributed by atoms with E-state index in [1.807, 2.05) is 0 Å². The number of nitro groups is 1. The van der Waals surface area contributed by atoms with Crippen LogP contribution in [0.25, 0.3) is 10.8 Å². The van der Waals surface area contributed by atoms with E-state index in [0.717, 1.165) is 0 Å². The van der Waals surface area contributed by atoms with Gasteiger partial charge in [-0.1, -0.05) is 0 Å². The number of pyridine rings is 1. The summed E-state index contributed by atoms with van der Waals surface area (Å²) in [5.41, 5.74) is 5.71. The minimum atomic E-state index is -0.441. The van der Waals surface area contributed by atoms with Crippen LogP contribution in [0.2, 0.25) is 0 Å². The number of aromatic nitrogens is 1. The smallest absolute Gasteiger partial charge is 0.270 e. The van der Waals surface area contributed by atoms with Crippen molar-refractivity contribution in [2.75, 3.05) is 5.73 Å². The normalized spacial score (nSPS) is 10.5. The van der Waals surface area contributed by atoms with E-state index < -0.39 is 4.92 Å². The molecule has 1 heterocycles. The van der Waals surface area contributed by atoms with E-state index in [1.165, 1.54) is 12.1 Å². The molecule has 0 atom stereocenters. The van der Waals surface area contributed by atoms with E-state index in [-0.39, 0.29) is 5.69 Å². The molecule has 0 saturated carbocycles. The van der Waals surface area contributed by atoms with Crippen LogP contribution in [0.3, 0.4) is 0 Å². The van der Waals surface area contributed by atoms with E-state index >= 15 is 0 Å². The molecule has 15 heavy (non-hydrogen) atoms. The van der Waals surface area contributed by atoms with Crippen molar-refractivity contribution in [3.8, 4) is 0 Å². The number of nitrogens with two attached hydrogens (primary N) is 1. The van der Waals surface area contributed by atoms with Gasteiger partial charge in [-0.3, -0.25) is 10.1 Å². The van der Waals surface area contributed by atoms with Gasteiger partial charge in [0.1, 0.15) is 10.4 Å². The molecule has 0 aliphatic carbocycles. The number of nitrogen functional groups attached to an aromatic ring is 1. The fraction of sp³-hybridized carbons (Fsp3) is 0. The molecule has 0 radical (unpaired) electrons. The first-order valence-corrected chi connectivity index (χ1v) is 4.87. The molecule has 76 valence electrons. The van der Waals surface area contributed by atoms with Gasteiger partial charge >= 0.3 is 0 Å². The quantitative estimate of drug-likeness (QED) is 0.489. The number of halogens is 1. The number of benzene rings is 1. The first kappa shape index (κ1) is 9.85. The van der Waals surface area contributed by atoms with Crippen LogP contribution in [0.1, 0.15) is 0 Å². The Hall–Kier alpha value is -1.69. The highest BCUT2D eigenvalue weighted by atomic mass is 79.9. The molecular weight excluding hydrogens is 262 g/mol. The maximum absolute atomic E-state index is 10.6. The third-order valence-corrected chi connectivity index (χ3v) is 2.43. The van der Waals surface area contributed by atoms with Crippen molar-refractivity contribution in [1.29, 1.82) is 0 Å². The second kappa shape index (κ2) is 3.47. The van der Waals surface area contributed by atoms with Crippen molar-refractivity contribution in [2.24, 2.45) is 0 Å². The number of fused-ring (bicyclic) bond motifs is 1. The average molecular weight is 268 g/mol. The van der Waals surface area contributed by atoms with Crippen molar-refractivity contribution < 1.29 is 4.92 Å². The Kier molecular flexibility index (Phi) is 2.28. The summed E-state index contributed by atoms with van der Waals surface area (Å²) in [6, 6.07) is 6.17. The van der Waals surface area contributed by atoms with Crippen LogP contribution in [0, 0.1) is 10.1 Å². The topological polar surface area (TPSA) is 82.0 Å². The Labute approximate surface area is 93.2 Å². The molecule has 2 rings (SSSR count). The van der Waals surface area contributed by atoms with Crippen LogP contribution >= 0.6 is 15.9 Å².